The molecule has 0 atom stereocenters. The Morgan fingerprint density at radius 2 is 1.16 bits per heavy atom. The Kier molecular flexibility index (Phi) is 4.97. The molecule has 2 aromatic rings. The van der Waals surface area contributed by atoms with Crippen molar-refractivity contribution in [1.82, 2.24) is 0 Å². The molecule has 0 radical (unpaired) electrons. The Balaban J connectivity index is 0.000000191. The highest BCUT2D eigenvalue weighted by atomic mass is 16.6. The second-order valence-corrected chi connectivity index (χ2v) is 3.37. The zero-order valence-electron chi connectivity index (χ0n) is 9.67. The Hall–Kier alpha value is -2.96. The van der Waals surface area contributed by atoms with E-state index in [1.54, 1.807) is 18.2 Å². The first-order valence-corrected chi connectivity index (χ1v) is 5.13. The van der Waals surface area contributed by atoms with Gasteiger partial charge < -0.3 is 5.11 Å². The van der Waals surface area contributed by atoms with Crippen LogP contribution in [0.25, 0.3) is 0 Å². The number of hydrogen-bond acceptors (Lipinski definition) is 5. The number of benzene rings is 2. The topological polar surface area (TPSA) is 107 Å². The van der Waals surface area contributed by atoms with Crippen molar-refractivity contribution >= 4 is 11.4 Å². The third-order valence-electron chi connectivity index (χ3n) is 2.03. The van der Waals surface area contributed by atoms with E-state index < -0.39 is 9.85 Å². The summed E-state index contributed by atoms with van der Waals surface area (Å²) < 4.78 is 0. The summed E-state index contributed by atoms with van der Waals surface area (Å²) in [5, 5.41) is 28.8. The molecule has 19 heavy (non-hydrogen) atoms. The maximum absolute atomic E-state index is 10.0. The van der Waals surface area contributed by atoms with Gasteiger partial charge in [-0.25, -0.2) is 0 Å². The van der Waals surface area contributed by atoms with E-state index in [2.05, 4.69) is 0 Å². The summed E-state index contributed by atoms with van der Waals surface area (Å²) in [7, 11) is 0. The molecule has 7 nitrogen and oxygen atoms in total. The number of aromatic hydroxyl groups is 1. The van der Waals surface area contributed by atoms with Gasteiger partial charge >= 0.3 is 0 Å². The van der Waals surface area contributed by atoms with Gasteiger partial charge in [0.25, 0.3) is 11.4 Å². The molecule has 0 saturated heterocycles. The highest BCUT2D eigenvalue weighted by Crippen LogP contribution is 2.15. The van der Waals surface area contributed by atoms with Crippen molar-refractivity contribution in [2.75, 3.05) is 0 Å². The van der Waals surface area contributed by atoms with E-state index in [-0.39, 0.29) is 17.1 Å². The van der Waals surface area contributed by atoms with Gasteiger partial charge in [-0.15, -0.1) is 0 Å². The first-order chi connectivity index (χ1) is 9.00. The average molecular weight is 262 g/mol. The molecule has 2 aromatic carbocycles. The van der Waals surface area contributed by atoms with E-state index in [0.717, 1.165) is 0 Å². The second-order valence-electron chi connectivity index (χ2n) is 3.37. The molecular formula is C12H10N2O5. The normalized spacial score (nSPS) is 9.05. The number of hydrogen-bond donors (Lipinski definition) is 1. The van der Waals surface area contributed by atoms with Crippen molar-refractivity contribution in [2.45, 2.75) is 0 Å². The predicted octanol–water partition coefficient (Wildman–Crippen LogP) is 2.90. The van der Waals surface area contributed by atoms with Crippen LogP contribution in [0, 0.1) is 20.2 Å². The van der Waals surface area contributed by atoms with E-state index in [0.29, 0.717) is 0 Å². The average Bonchev–Trinajstić information content (AvgIpc) is 2.41. The smallest absolute Gasteiger partial charge is 0.269 e. The molecule has 0 aliphatic heterocycles. The lowest BCUT2D eigenvalue weighted by Gasteiger charge is -1.89. The fourth-order valence-electron chi connectivity index (χ4n) is 1.12. The molecule has 0 heterocycles. The molecule has 1 N–H and O–H groups in total. The maximum Gasteiger partial charge on any atom is 0.269 e. The van der Waals surface area contributed by atoms with Gasteiger partial charge in [0, 0.05) is 24.3 Å². The molecule has 0 aliphatic rings. The molecule has 7 heteroatoms. The Morgan fingerprint density at radius 1 is 0.737 bits per heavy atom. The Labute approximate surface area is 108 Å². The minimum Gasteiger partial charge on any atom is -0.508 e. The van der Waals surface area contributed by atoms with Crippen LogP contribution in [-0.2, 0) is 0 Å². The van der Waals surface area contributed by atoms with Gasteiger partial charge in [0.2, 0.25) is 0 Å². The summed E-state index contributed by atoms with van der Waals surface area (Å²) in [6.07, 6.45) is 0. The summed E-state index contributed by atoms with van der Waals surface area (Å²) in [5.74, 6) is 0.0330. The van der Waals surface area contributed by atoms with Gasteiger partial charge in [0.1, 0.15) is 5.75 Å². The van der Waals surface area contributed by atoms with Crippen LogP contribution < -0.4 is 0 Å². The number of nitro benzene ring substituents is 2. The van der Waals surface area contributed by atoms with E-state index in [9.17, 15) is 20.2 Å². The van der Waals surface area contributed by atoms with Crippen molar-refractivity contribution < 1.29 is 15.0 Å². The van der Waals surface area contributed by atoms with Crippen LogP contribution in [0.3, 0.4) is 0 Å². The summed E-state index contributed by atoms with van der Waals surface area (Å²) in [4.78, 5) is 19.1. The van der Waals surface area contributed by atoms with Crippen molar-refractivity contribution in [3.8, 4) is 5.75 Å². The summed E-state index contributed by atoms with van der Waals surface area (Å²) in [6.45, 7) is 0. The van der Waals surface area contributed by atoms with Crippen molar-refractivity contribution in [2.24, 2.45) is 0 Å². The zero-order chi connectivity index (χ0) is 14.3. The third-order valence-corrected chi connectivity index (χ3v) is 2.03. The van der Waals surface area contributed by atoms with Gasteiger partial charge in [-0.2, -0.15) is 0 Å². The summed E-state index contributed by atoms with van der Waals surface area (Å²) >= 11 is 0. The molecule has 98 valence electrons. The van der Waals surface area contributed by atoms with E-state index in [4.69, 9.17) is 5.11 Å². The van der Waals surface area contributed by atoms with Crippen LogP contribution in [0.4, 0.5) is 11.4 Å². The molecule has 0 unspecified atom stereocenters. The number of phenolic OH excluding ortho intramolecular Hbond substituents is 1. The summed E-state index contributed by atoms with van der Waals surface area (Å²) in [6, 6.07) is 13.0. The predicted molar refractivity (Wildman–Crippen MR) is 67.9 cm³/mol. The fourth-order valence-corrected chi connectivity index (χ4v) is 1.12. The quantitative estimate of drug-likeness (QED) is 0.661. The van der Waals surface area contributed by atoms with E-state index in [1.807, 2.05) is 0 Å². The molecular weight excluding hydrogens is 252 g/mol. The first-order valence-electron chi connectivity index (χ1n) is 5.13. The SMILES string of the molecule is O=[N+]([O-])c1ccc(O)cc1.O=[N+]([O-])c1ccccc1. The standard InChI is InChI=1S/C6H5NO3.C6H5NO2/c8-6-3-1-5(2-4-6)7(9)10;8-7(9)6-4-2-1-3-5-6/h1-4,8H;1-5H. The van der Waals surface area contributed by atoms with Gasteiger partial charge in [0.05, 0.1) is 9.85 Å². The minimum absolute atomic E-state index is 0.0159. The highest BCUT2D eigenvalue weighted by molar-refractivity contribution is 5.35. The number of para-hydroxylation sites is 1. The number of nitrogens with zero attached hydrogens (tertiary/aromatic N) is 2. The Morgan fingerprint density at radius 3 is 1.53 bits per heavy atom. The molecule has 2 rings (SSSR count). The molecule has 0 amide bonds. The lowest BCUT2D eigenvalue weighted by molar-refractivity contribution is -0.385. The zero-order valence-corrected chi connectivity index (χ0v) is 9.67. The Bertz CT molecular complexity index is 554. The molecule has 0 aliphatic carbocycles. The number of non-ortho nitro benzene ring substituents is 2. The van der Waals surface area contributed by atoms with Crippen LogP contribution in [0.15, 0.2) is 54.6 Å². The lowest BCUT2D eigenvalue weighted by atomic mass is 10.3. The maximum atomic E-state index is 10.0. The lowest BCUT2D eigenvalue weighted by Crippen LogP contribution is -1.85. The molecule has 0 fully saturated rings. The second kappa shape index (κ2) is 6.70. The van der Waals surface area contributed by atoms with Crippen LogP contribution in [0.2, 0.25) is 0 Å². The van der Waals surface area contributed by atoms with Crippen LogP contribution in [0.5, 0.6) is 5.75 Å². The molecule has 0 aromatic heterocycles. The van der Waals surface area contributed by atoms with E-state index in [1.165, 1.54) is 36.4 Å². The third kappa shape index (κ3) is 4.82. The minimum atomic E-state index is -0.514. The number of rotatable bonds is 2. The van der Waals surface area contributed by atoms with Crippen LogP contribution in [-0.4, -0.2) is 15.0 Å². The largest absolute Gasteiger partial charge is 0.508 e. The van der Waals surface area contributed by atoms with Gasteiger partial charge in [0.15, 0.2) is 0 Å². The van der Waals surface area contributed by atoms with Gasteiger partial charge in [-0.05, 0) is 12.1 Å². The fraction of sp³-hybridized carbons (Fsp3) is 0. The highest BCUT2D eigenvalue weighted by Gasteiger charge is 2.01. The number of phenols is 1. The monoisotopic (exact) mass is 262 g/mol. The van der Waals surface area contributed by atoms with Crippen LogP contribution >= 0.6 is 0 Å². The summed E-state index contributed by atoms with van der Waals surface area (Å²) in [5.41, 5.74) is 0.121. The van der Waals surface area contributed by atoms with Crippen LogP contribution in [0.1, 0.15) is 0 Å². The number of nitro groups is 2. The van der Waals surface area contributed by atoms with Crippen molar-refractivity contribution in [3.63, 3.8) is 0 Å². The first kappa shape index (κ1) is 14.1. The molecule has 0 saturated carbocycles. The molecule has 0 spiro atoms. The van der Waals surface area contributed by atoms with Crippen molar-refractivity contribution in [1.29, 1.82) is 0 Å². The van der Waals surface area contributed by atoms with Crippen molar-refractivity contribution in [3.05, 3.63) is 74.8 Å². The van der Waals surface area contributed by atoms with Gasteiger partial charge in [-0.1, -0.05) is 18.2 Å². The van der Waals surface area contributed by atoms with Gasteiger partial charge in [-0.3, -0.25) is 20.2 Å². The van der Waals surface area contributed by atoms with E-state index >= 15 is 0 Å². The molecule has 0 bridgehead atoms.